The van der Waals surface area contributed by atoms with Crippen molar-refractivity contribution in [3.8, 4) is 0 Å². The third-order valence-electron chi connectivity index (χ3n) is 3.29. The van der Waals surface area contributed by atoms with Gasteiger partial charge in [0.25, 0.3) is 0 Å². The van der Waals surface area contributed by atoms with Gasteiger partial charge in [0.05, 0.1) is 6.10 Å². The number of carbonyl (C=O) groups is 1. The molecule has 17 heavy (non-hydrogen) atoms. The van der Waals surface area contributed by atoms with Gasteiger partial charge in [0, 0.05) is 12.2 Å². The molecule has 2 rings (SSSR count). The van der Waals surface area contributed by atoms with Gasteiger partial charge < -0.3 is 15.7 Å². The van der Waals surface area contributed by atoms with Crippen molar-refractivity contribution in [1.29, 1.82) is 0 Å². The lowest BCUT2D eigenvalue weighted by atomic mass is 10.1. The molecule has 1 aliphatic heterocycles. The fourth-order valence-electron chi connectivity index (χ4n) is 2.32. The molecule has 0 saturated carbocycles. The standard InChI is InChI=1S/C13H18N2O2/c1-9(16)10-4-6-11(7-5-10)15-8-2-3-12(15)13(14)17/h4-7,9,12,16H,2-3,8H2,1H3,(H2,14,17). The van der Waals surface area contributed by atoms with Crippen molar-refractivity contribution in [2.24, 2.45) is 5.73 Å². The van der Waals surface area contributed by atoms with Crippen LogP contribution in [0.4, 0.5) is 5.69 Å². The van der Waals surface area contributed by atoms with Crippen LogP contribution in [0.2, 0.25) is 0 Å². The number of nitrogens with zero attached hydrogens (tertiary/aromatic N) is 1. The highest BCUT2D eigenvalue weighted by molar-refractivity contribution is 5.84. The number of nitrogens with two attached hydrogens (primary N) is 1. The molecule has 1 fully saturated rings. The molecule has 1 heterocycles. The average molecular weight is 234 g/mol. The minimum atomic E-state index is -0.463. The van der Waals surface area contributed by atoms with Gasteiger partial charge in [0.2, 0.25) is 5.91 Å². The van der Waals surface area contributed by atoms with Crippen LogP contribution in [-0.2, 0) is 4.79 Å². The molecule has 0 aromatic heterocycles. The second kappa shape index (κ2) is 4.75. The van der Waals surface area contributed by atoms with Gasteiger partial charge in [-0.05, 0) is 37.5 Å². The van der Waals surface area contributed by atoms with Gasteiger partial charge in [-0.1, -0.05) is 12.1 Å². The number of hydrogen-bond acceptors (Lipinski definition) is 3. The maximum Gasteiger partial charge on any atom is 0.240 e. The number of rotatable bonds is 3. The molecule has 2 atom stereocenters. The number of amides is 1. The van der Waals surface area contributed by atoms with Crippen LogP contribution < -0.4 is 10.6 Å². The number of hydrogen-bond donors (Lipinski definition) is 2. The van der Waals surface area contributed by atoms with Crippen LogP contribution in [-0.4, -0.2) is 23.6 Å². The summed E-state index contributed by atoms with van der Waals surface area (Å²) in [6, 6.07) is 7.45. The summed E-state index contributed by atoms with van der Waals surface area (Å²) in [5, 5.41) is 9.43. The topological polar surface area (TPSA) is 66.6 Å². The van der Waals surface area contributed by atoms with E-state index in [4.69, 9.17) is 5.73 Å². The normalized spacial score (nSPS) is 21.5. The Kier molecular flexibility index (Phi) is 3.33. The van der Waals surface area contributed by atoms with Crippen molar-refractivity contribution in [1.82, 2.24) is 0 Å². The number of carbonyl (C=O) groups excluding carboxylic acids is 1. The maximum absolute atomic E-state index is 11.3. The Hall–Kier alpha value is -1.55. The molecule has 0 bridgehead atoms. The molecule has 1 amide bonds. The van der Waals surface area contributed by atoms with Gasteiger partial charge in [0.1, 0.15) is 6.04 Å². The molecule has 1 aliphatic rings. The monoisotopic (exact) mass is 234 g/mol. The first-order valence-electron chi connectivity index (χ1n) is 5.93. The number of primary amides is 1. The molecule has 3 N–H and O–H groups in total. The number of aliphatic hydroxyl groups excluding tert-OH is 1. The average Bonchev–Trinajstić information content (AvgIpc) is 2.78. The lowest BCUT2D eigenvalue weighted by Crippen LogP contribution is -2.40. The van der Waals surface area contributed by atoms with Crippen LogP contribution in [0.3, 0.4) is 0 Å². The molecule has 2 unspecified atom stereocenters. The van der Waals surface area contributed by atoms with Crippen molar-refractivity contribution in [2.75, 3.05) is 11.4 Å². The van der Waals surface area contributed by atoms with E-state index in [-0.39, 0.29) is 11.9 Å². The lowest BCUT2D eigenvalue weighted by Gasteiger charge is -2.24. The second-order valence-electron chi connectivity index (χ2n) is 4.52. The van der Waals surface area contributed by atoms with Crippen LogP contribution in [0.15, 0.2) is 24.3 Å². The number of anilines is 1. The lowest BCUT2D eigenvalue weighted by molar-refractivity contribution is -0.119. The van der Waals surface area contributed by atoms with Crippen molar-refractivity contribution in [3.05, 3.63) is 29.8 Å². The zero-order valence-electron chi connectivity index (χ0n) is 9.97. The van der Waals surface area contributed by atoms with Gasteiger partial charge in [-0.2, -0.15) is 0 Å². The fraction of sp³-hybridized carbons (Fsp3) is 0.462. The molecule has 0 radical (unpaired) electrons. The highest BCUT2D eigenvalue weighted by Crippen LogP contribution is 2.26. The Labute approximate surface area is 101 Å². The SMILES string of the molecule is CC(O)c1ccc(N2CCCC2C(N)=O)cc1. The molecule has 1 aromatic rings. The van der Waals surface area contributed by atoms with E-state index in [1.807, 2.05) is 29.2 Å². The zero-order chi connectivity index (χ0) is 12.4. The predicted molar refractivity (Wildman–Crippen MR) is 66.6 cm³/mol. The van der Waals surface area contributed by atoms with E-state index >= 15 is 0 Å². The van der Waals surface area contributed by atoms with Crippen molar-refractivity contribution < 1.29 is 9.90 Å². The van der Waals surface area contributed by atoms with E-state index in [1.54, 1.807) is 6.92 Å². The van der Waals surface area contributed by atoms with Crippen molar-refractivity contribution in [3.63, 3.8) is 0 Å². The number of benzene rings is 1. The highest BCUT2D eigenvalue weighted by Gasteiger charge is 2.28. The van der Waals surface area contributed by atoms with E-state index in [1.165, 1.54) is 0 Å². The fourth-order valence-corrected chi connectivity index (χ4v) is 2.32. The summed E-state index contributed by atoms with van der Waals surface area (Å²) in [6.07, 6.45) is 1.36. The van der Waals surface area contributed by atoms with Gasteiger partial charge in [-0.15, -0.1) is 0 Å². The molecular formula is C13H18N2O2. The predicted octanol–water partition coefficient (Wildman–Crippen LogP) is 1.19. The first-order valence-corrected chi connectivity index (χ1v) is 5.93. The van der Waals surface area contributed by atoms with E-state index in [0.717, 1.165) is 30.6 Å². The summed E-state index contributed by atoms with van der Waals surface area (Å²) < 4.78 is 0. The second-order valence-corrected chi connectivity index (χ2v) is 4.52. The largest absolute Gasteiger partial charge is 0.389 e. The smallest absolute Gasteiger partial charge is 0.240 e. The molecule has 1 aromatic carbocycles. The Bertz CT molecular complexity index is 400. The third-order valence-corrected chi connectivity index (χ3v) is 3.29. The zero-order valence-corrected chi connectivity index (χ0v) is 9.97. The van der Waals surface area contributed by atoms with Crippen LogP contribution >= 0.6 is 0 Å². The van der Waals surface area contributed by atoms with Gasteiger partial charge in [0.15, 0.2) is 0 Å². The Balaban J connectivity index is 2.19. The van der Waals surface area contributed by atoms with E-state index in [0.29, 0.717) is 0 Å². The first-order chi connectivity index (χ1) is 8.09. The van der Waals surface area contributed by atoms with E-state index in [9.17, 15) is 9.90 Å². The minimum absolute atomic E-state index is 0.188. The molecule has 0 aliphatic carbocycles. The van der Waals surface area contributed by atoms with Gasteiger partial charge >= 0.3 is 0 Å². The maximum atomic E-state index is 11.3. The summed E-state index contributed by atoms with van der Waals surface area (Å²) in [7, 11) is 0. The summed E-state index contributed by atoms with van der Waals surface area (Å²) in [6.45, 7) is 2.60. The van der Waals surface area contributed by atoms with Crippen molar-refractivity contribution >= 4 is 11.6 Å². The highest BCUT2D eigenvalue weighted by atomic mass is 16.3. The molecule has 92 valence electrons. The third kappa shape index (κ3) is 2.42. The molecule has 1 saturated heterocycles. The Morgan fingerprint density at radius 3 is 2.65 bits per heavy atom. The Morgan fingerprint density at radius 1 is 1.47 bits per heavy atom. The first kappa shape index (κ1) is 11.9. The van der Waals surface area contributed by atoms with Crippen LogP contribution in [0, 0.1) is 0 Å². The quantitative estimate of drug-likeness (QED) is 0.825. The summed E-state index contributed by atoms with van der Waals surface area (Å²) >= 11 is 0. The Morgan fingerprint density at radius 2 is 2.12 bits per heavy atom. The van der Waals surface area contributed by atoms with E-state index in [2.05, 4.69) is 0 Å². The summed E-state index contributed by atoms with van der Waals surface area (Å²) in [5.74, 6) is -0.262. The molecular weight excluding hydrogens is 216 g/mol. The van der Waals surface area contributed by atoms with Crippen LogP contribution in [0.5, 0.6) is 0 Å². The molecule has 4 heteroatoms. The minimum Gasteiger partial charge on any atom is -0.389 e. The number of aliphatic hydroxyl groups is 1. The summed E-state index contributed by atoms with van der Waals surface area (Å²) in [4.78, 5) is 13.3. The van der Waals surface area contributed by atoms with Gasteiger partial charge in [-0.3, -0.25) is 4.79 Å². The van der Waals surface area contributed by atoms with Gasteiger partial charge in [-0.25, -0.2) is 0 Å². The van der Waals surface area contributed by atoms with Crippen LogP contribution in [0.1, 0.15) is 31.4 Å². The van der Waals surface area contributed by atoms with Crippen molar-refractivity contribution in [2.45, 2.75) is 31.9 Å². The summed E-state index contributed by atoms with van der Waals surface area (Å²) in [5.41, 5.74) is 7.26. The van der Waals surface area contributed by atoms with E-state index < -0.39 is 6.10 Å². The molecule has 0 spiro atoms. The van der Waals surface area contributed by atoms with Crippen LogP contribution in [0.25, 0.3) is 0 Å². The molecule has 4 nitrogen and oxygen atoms in total.